The average Bonchev–Trinajstić information content (AvgIpc) is 3.32. The molecule has 1 saturated carbocycles. The molecule has 0 spiro atoms. The van der Waals surface area contributed by atoms with Crippen LogP contribution in [-0.4, -0.2) is 30.4 Å². The molecular formula is C29H32FNO4S. The summed E-state index contributed by atoms with van der Waals surface area (Å²) >= 11 is 1.80. The first kappa shape index (κ1) is 25.9. The molecule has 3 aromatic rings. The highest BCUT2D eigenvalue weighted by molar-refractivity contribution is 7.15. The van der Waals surface area contributed by atoms with Gasteiger partial charge in [0, 0.05) is 39.4 Å². The number of benzene rings is 2. The summed E-state index contributed by atoms with van der Waals surface area (Å²) < 4.78 is 18.6. The number of rotatable bonds is 9. The number of carbonyl (C=O) groups excluding carboxylic acids is 2. The normalized spacial score (nSPS) is 14.8. The number of thiophene rings is 1. The van der Waals surface area contributed by atoms with E-state index in [2.05, 4.69) is 42.2 Å². The van der Waals surface area contributed by atoms with E-state index in [0.717, 1.165) is 18.6 Å². The van der Waals surface area contributed by atoms with E-state index in [-0.39, 0.29) is 25.0 Å². The Morgan fingerprint density at radius 3 is 2.42 bits per heavy atom. The van der Waals surface area contributed by atoms with Crippen LogP contribution >= 0.6 is 11.3 Å². The monoisotopic (exact) mass is 509 g/mol. The highest BCUT2D eigenvalue weighted by Gasteiger charge is 2.30. The molecule has 0 saturated heterocycles. The summed E-state index contributed by atoms with van der Waals surface area (Å²) in [6, 6.07) is 19.8. The van der Waals surface area contributed by atoms with Crippen molar-refractivity contribution in [1.29, 1.82) is 0 Å². The van der Waals surface area contributed by atoms with Gasteiger partial charge in [-0.15, -0.1) is 11.3 Å². The lowest BCUT2D eigenvalue weighted by atomic mass is 9.84. The van der Waals surface area contributed by atoms with Crippen LogP contribution in [0.25, 0.3) is 10.4 Å². The van der Waals surface area contributed by atoms with E-state index >= 15 is 0 Å². The molecule has 1 heterocycles. The quantitative estimate of drug-likeness (QED) is 0.303. The number of carbonyl (C=O) groups is 2. The van der Waals surface area contributed by atoms with Gasteiger partial charge in [0.15, 0.2) is 0 Å². The molecule has 190 valence electrons. The molecule has 1 unspecified atom stereocenters. The van der Waals surface area contributed by atoms with E-state index < -0.39 is 5.97 Å². The molecule has 4 rings (SSSR count). The predicted molar refractivity (Wildman–Crippen MR) is 140 cm³/mol. The number of hydrogen-bond donors (Lipinski definition) is 0. The summed E-state index contributed by atoms with van der Waals surface area (Å²) in [6.45, 7) is 2.23. The molecule has 0 aliphatic heterocycles. The Labute approximate surface area is 215 Å². The Balaban J connectivity index is 1.52. The number of halogens is 1. The maximum Gasteiger partial charge on any atom is 0.350 e. The molecule has 1 aromatic heterocycles. The summed E-state index contributed by atoms with van der Waals surface area (Å²) in [5.74, 6) is -0.0765. The summed E-state index contributed by atoms with van der Waals surface area (Å²) in [5.41, 5.74) is 2.94. The molecule has 1 aliphatic carbocycles. The largest absolute Gasteiger partial charge is 0.485 e. The number of nitrogens with zero attached hydrogens (tertiary/aromatic N) is 1. The van der Waals surface area contributed by atoms with Gasteiger partial charge in [-0.1, -0.05) is 49.6 Å². The third-order valence-corrected chi connectivity index (χ3v) is 8.15. The molecule has 0 N–H and O–H groups in total. The SMILES string of the molecule is Cc1cc(-c2ccccc2)sc1C(Oc1ccc(C(=O)N(C)CCC(=O)OF)cc1)C1CCCCC1. The molecule has 0 bridgehead atoms. The fourth-order valence-corrected chi connectivity index (χ4v) is 6.07. The number of amides is 1. The first-order valence-electron chi connectivity index (χ1n) is 12.5. The highest BCUT2D eigenvalue weighted by Crippen LogP contribution is 2.43. The van der Waals surface area contributed by atoms with Gasteiger partial charge in [-0.2, -0.15) is 0 Å². The van der Waals surface area contributed by atoms with Gasteiger partial charge in [0.05, 0.1) is 6.42 Å². The van der Waals surface area contributed by atoms with Gasteiger partial charge in [0.2, 0.25) is 0 Å². The van der Waals surface area contributed by atoms with Gasteiger partial charge < -0.3 is 9.64 Å². The second-order valence-electron chi connectivity index (χ2n) is 9.41. The van der Waals surface area contributed by atoms with Crippen LogP contribution in [0.3, 0.4) is 0 Å². The average molecular weight is 510 g/mol. The Bertz CT molecular complexity index is 1160. The third kappa shape index (κ3) is 6.32. The fourth-order valence-electron chi connectivity index (χ4n) is 4.77. The minimum Gasteiger partial charge on any atom is -0.485 e. The predicted octanol–water partition coefficient (Wildman–Crippen LogP) is 7.31. The van der Waals surface area contributed by atoms with Gasteiger partial charge in [0.1, 0.15) is 11.9 Å². The first-order chi connectivity index (χ1) is 17.5. The van der Waals surface area contributed by atoms with E-state index in [9.17, 15) is 14.1 Å². The zero-order valence-electron chi connectivity index (χ0n) is 20.7. The van der Waals surface area contributed by atoms with Crippen LogP contribution in [0.2, 0.25) is 0 Å². The zero-order valence-corrected chi connectivity index (χ0v) is 21.6. The number of aryl methyl sites for hydroxylation is 1. The summed E-state index contributed by atoms with van der Waals surface area (Å²) in [6.07, 6.45) is 5.76. The molecule has 1 aliphatic rings. The van der Waals surface area contributed by atoms with Gasteiger partial charge in [0.25, 0.3) is 5.91 Å². The molecule has 5 nitrogen and oxygen atoms in total. The minimum absolute atomic E-state index is 0.0382. The third-order valence-electron chi connectivity index (χ3n) is 6.80. The minimum atomic E-state index is -0.994. The van der Waals surface area contributed by atoms with E-state index in [1.807, 2.05) is 18.2 Å². The van der Waals surface area contributed by atoms with Crippen molar-refractivity contribution in [2.75, 3.05) is 13.6 Å². The topological polar surface area (TPSA) is 55.8 Å². The van der Waals surface area contributed by atoms with Gasteiger partial charge >= 0.3 is 5.97 Å². The van der Waals surface area contributed by atoms with Crippen LogP contribution in [0, 0.1) is 12.8 Å². The van der Waals surface area contributed by atoms with Crippen molar-refractivity contribution in [3.8, 4) is 16.2 Å². The second kappa shape index (κ2) is 12.2. The Hall–Kier alpha value is -3.19. The number of hydrogen-bond acceptors (Lipinski definition) is 5. The van der Waals surface area contributed by atoms with Crippen LogP contribution in [0.4, 0.5) is 4.53 Å². The van der Waals surface area contributed by atoms with Crippen molar-refractivity contribution in [3.05, 3.63) is 76.7 Å². The van der Waals surface area contributed by atoms with Crippen LogP contribution in [0.15, 0.2) is 60.7 Å². The van der Waals surface area contributed by atoms with Gasteiger partial charge in [-0.05, 0) is 61.2 Å². The first-order valence-corrected chi connectivity index (χ1v) is 13.3. The van der Waals surface area contributed by atoms with Crippen LogP contribution in [0.1, 0.15) is 65.4 Å². The van der Waals surface area contributed by atoms with Crippen molar-refractivity contribution in [2.45, 2.75) is 51.6 Å². The maximum atomic E-state index is 12.7. The van der Waals surface area contributed by atoms with Crippen LogP contribution < -0.4 is 4.74 Å². The molecular weight excluding hydrogens is 477 g/mol. The molecule has 1 amide bonds. The molecule has 0 radical (unpaired) electrons. The molecule has 1 fully saturated rings. The summed E-state index contributed by atoms with van der Waals surface area (Å²) in [7, 11) is 1.57. The Morgan fingerprint density at radius 1 is 1.06 bits per heavy atom. The van der Waals surface area contributed by atoms with E-state index in [0.29, 0.717) is 11.5 Å². The standard InChI is InChI=1S/C29H32FNO4S/c1-20-19-25(21-9-5-3-6-10-21)36-28(20)27(22-11-7-4-8-12-22)34-24-15-13-23(14-16-24)29(33)31(2)18-17-26(32)35-30/h3,5-6,9-10,13-16,19,22,27H,4,7-8,11-12,17-18H2,1-2H3. The molecule has 2 aromatic carbocycles. The molecule has 1 atom stereocenters. The maximum absolute atomic E-state index is 12.7. The smallest absolute Gasteiger partial charge is 0.350 e. The van der Waals surface area contributed by atoms with Crippen molar-refractivity contribution in [3.63, 3.8) is 0 Å². The number of ether oxygens (including phenoxy) is 1. The van der Waals surface area contributed by atoms with Crippen LogP contribution in [-0.2, 0) is 9.74 Å². The van der Waals surface area contributed by atoms with Crippen molar-refractivity contribution in [1.82, 2.24) is 4.90 Å². The fraction of sp³-hybridized carbons (Fsp3) is 0.379. The lowest BCUT2D eigenvalue weighted by Gasteiger charge is -2.31. The van der Waals surface area contributed by atoms with Gasteiger partial charge in [-0.3, -0.25) is 9.74 Å². The van der Waals surface area contributed by atoms with E-state index in [1.54, 1.807) is 30.5 Å². The van der Waals surface area contributed by atoms with E-state index in [1.165, 1.54) is 45.0 Å². The molecule has 36 heavy (non-hydrogen) atoms. The zero-order chi connectivity index (χ0) is 25.5. The lowest BCUT2D eigenvalue weighted by molar-refractivity contribution is -0.183. The van der Waals surface area contributed by atoms with Crippen molar-refractivity contribution in [2.24, 2.45) is 5.92 Å². The highest BCUT2D eigenvalue weighted by atomic mass is 32.1. The molecule has 7 heteroatoms. The second-order valence-corrected chi connectivity index (χ2v) is 10.5. The van der Waals surface area contributed by atoms with Crippen LogP contribution in [0.5, 0.6) is 5.75 Å². The van der Waals surface area contributed by atoms with Gasteiger partial charge in [-0.25, -0.2) is 4.79 Å². The van der Waals surface area contributed by atoms with Crippen molar-refractivity contribution < 1.29 is 23.8 Å². The summed E-state index contributed by atoms with van der Waals surface area (Å²) in [4.78, 5) is 30.7. The van der Waals surface area contributed by atoms with Crippen molar-refractivity contribution >= 4 is 23.2 Å². The Morgan fingerprint density at radius 2 is 1.75 bits per heavy atom. The lowest BCUT2D eigenvalue weighted by Crippen LogP contribution is -2.29. The van der Waals surface area contributed by atoms with E-state index in [4.69, 9.17) is 4.74 Å². The Kier molecular flexibility index (Phi) is 8.75. The summed E-state index contributed by atoms with van der Waals surface area (Å²) in [5, 5.41) is 0.